The highest BCUT2D eigenvalue weighted by Gasteiger charge is 2.38. The van der Waals surface area contributed by atoms with Crippen molar-refractivity contribution in [3.63, 3.8) is 0 Å². The molecule has 14 heteroatoms. The molecular formula is C25H28ClFN4O6S2. The molecule has 210 valence electrons. The van der Waals surface area contributed by atoms with Gasteiger partial charge in [-0.25, -0.2) is 22.6 Å². The van der Waals surface area contributed by atoms with Crippen molar-refractivity contribution in [2.75, 3.05) is 17.4 Å². The lowest BCUT2D eigenvalue weighted by Gasteiger charge is -2.26. The van der Waals surface area contributed by atoms with Crippen molar-refractivity contribution in [2.45, 2.75) is 44.1 Å². The number of hydrogen-bond acceptors (Lipinski definition) is 9. The summed E-state index contributed by atoms with van der Waals surface area (Å²) >= 11 is 7.39. The fourth-order valence-corrected chi connectivity index (χ4v) is 5.55. The number of primary amides is 1. The zero-order valence-electron chi connectivity index (χ0n) is 21.4. The minimum atomic E-state index is -4.82. The molecule has 3 rings (SSSR count). The first-order valence-electron chi connectivity index (χ1n) is 11.7. The molecule has 0 radical (unpaired) electrons. The van der Waals surface area contributed by atoms with E-state index in [9.17, 15) is 18.0 Å². The number of halogens is 2. The molecule has 0 aliphatic carbocycles. The van der Waals surface area contributed by atoms with Gasteiger partial charge in [0, 0.05) is 11.4 Å². The Balaban J connectivity index is 1.88. The van der Waals surface area contributed by atoms with Crippen molar-refractivity contribution >= 4 is 50.8 Å². The molecule has 0 aliphatic rings. The maximum atomic E-state index is 15.3. The quantitative estimate of drug-likeness (QED) is 0.298. The Bertz CT molecular complexity index is 1430. The molecule has 0 fully saturated rings. The highest BCUT2D eigenvalue weighted by atomic mass is 35.5. The van der Waals surface area contributed by atoms with Crippen LogP contribution >= 0.6 is 22.9 Å². The van der Waals surface area contributed by atoms with Crippen molar-refractivity contribution in [1.82, 2.24) is 10.3 Å². The summed E-state index contributed by atoms with van der Waals surface area (Å²) in [6.45, 7) is 5.30. The van der Waals surface area contributed by atoms with E-state index >= 15 is 4.39 Å². The number of carbonyl (C=O) groups is 2. The van der Waals surface area contributed by atoms with E-state index in [4.69, 9.17) is 26.8 Å². The first kappa shape index (κ1) is 30.3. The molecule has 0 saturated heterocycles. The second-order valence-corrected chi connectivity index (χ2v) is 12.1. The molecule has 3 aromatic rings. The van der Waals surface area contributed by atoms with E-state index in [-0.39, 0.29) is 23.1 Å². The van der Waals surface area contributed by atoms with E-state index in [2.05, 4.69) is 10.3 Å². The topological polar surface area (TPSA) is 141 Å². The summed E-state index contributed by atoms with van der Waals surface area (Å²) in [4.78, 5) is 26.8. The van der Waals surface area contributed by atoms with Crippen molar-refractivity contribution in [2.24, 2.45) is 5.73 Å². The molecule has 10 nitrogen and oxygen atoms in total. The fourth-order valence-electron chi connectivity index (χ4n) is 3.35. The van der Waals surface area contributed by atoms with Gasteiger partial charge < -0.3 is 20.5 Å². The van der Waals surface area contributed by atoms with Gasteiger partial charge in [0.15, 0.2) is 5.82 Å². The summed E-state index contributed by atoms with van der Waals surface area (Å²) in [5.41, 5.74) is 6.19. The Labute approximate surface area is 234 Å². The summed E-state index contributed by atoms with van der Waals surface area (Å²) in [6.07, 6.45) is -0.0275. The second-order valence-electron chi connectivity index (χ2n) is 9.27. The SMILES string of the molecule is CC(C)(C)OC(=O)N(c1cscn1)S(=O)(=O)c1cc(Cl)c(Oc2ccccc2CCCNCC(N)=O)cc1F. The minimum Gasteiger partial charge on any atom is -0.455 e. The predicted octanol–water partition coefficient (Wildman–Crippen LogP) is 4.87. The molecule has 0 spiro atoms. The summed E-state index contributed by atoms with van der Waals surface area (Å²) in [5.74, 6) is -1.62. The fraction of sp³-hybridized carbons (Fsp3) is 0.320. The van der Waals surface area contributed by atoms with Crippen molar-refractivity contribution < 1.29 is 31.9 Å². The second kappa shape index (κ2) is 12.7. The van der Waals surface area contributed by atoms with E-state index in [0.29, 0.717) is 29.4 Å². The van der Waals surface area contributed by atoms with Crippen LogP contribution in [0.4, 0.5) is 15.0 Å². The minimum absolute atomic E-state index is 0.0656. The number of ether oxygens (including phenoxy) is 2. The molecule has 0 saturated carbocycles. The Hall–Kier alpha value is -3.26. The van der Waals surface area contributed by atoms with Gasteiger partial charge in [0.05, 0.1) is 17.1 Å². The third kappa shape index (κ3) is 8.12. The lowest BCUT2D eigenvalue weighted by molar-refractivity contribution is -0.117. The average molecular weight is 599 g/mol. The Morgan fingerprint density at radius 2 is 1.92 bits per heavy atom. The molecule has 39 heavy (non-hydrogen) atoms. The highest BCUT2D eigenvalue weighted by molar-refractivity contribution is 7.93. The van der Waals surface area contributed by atoms with Crippen LogP contribution < -0.4 is 20.1 Å². The lowest BCUT2D eigenvalue weighted by Crippen LogP contribution is -2.41. The van der Waals surface area contributed by atoms with Gasteiger partial charge >= 0.3 is 6.09 Å². The lowest BCUT2D eigenvalue weighted by atomic mass is 10.1. The molecule has 0 unspecified atom stereocenters. The predicted molar refractivity (Wildman–Crippen MR) is 146 cm³/mol. The first-order chi connectivity index (χ1) is 18.3. The maximum Gasteiger partial charge on any atom is 0.430 e. The molecule has 2 amide bonds. The van der Waals surface area contributed by atoms with Crippen LogP contribution in [-0.2, 0) is 26.0 Å². The van der Waals surface area contributed by atoms with Crippen LogP contribution in [0, 0.1) is 5.82 Å². The number of para-hydroxylation sites is 1. The van der Waals surface area contributed by atoms with Crippen LogP contribution in [-0.4, -0.2) is 44.1 Å². The summed E-state index contributed by atoms with van der Waals surface area (Å²) < 4.78 is 53.7. The van der Waals surface area contributed by atoms with Gasteiger partial charge in [-0.15, -0.1) is 15.6 Å². The maximum absolute atomic E-state index is 15.3. The van der Waals surface area contributed by atoms with Crippen molar-refractivity contribution in [3.8, 4) is 11.5 Å². The van der Waals surface area contributed by atoms with Crippen LogP contribution in [0.15, 0.2) is 52.2 Å². The molecule has 1 aromatic heterocycles. The van der Waals surface area contributed by atoms with E-state index < -0.39 is 38.3 Å². The number of sulfonamides is 1. The smallest absolute Gasteiger partial charge is 0.430 e. The zero-order chi connectivity index (χ0) is 28.8. The van der Waals surface area contributed by atoms with E-state index in [1.165, 1.54) is 10.9 Å². The number of rotatable bonds is 11. The summed E-state index contributed by atoms with van der Waals surface area (Å²) in [6, 6.07) is 8.73. The Morgan fingerprint density at radius 1 is 1.21 bits per heavy atom. The molecule has 1 heterocycles. The first-order valence-corrected chi connectivity index (χ1v) is 14.5. The van der Waals surface area contributed by atoms with Crippen LogP contribution in [0.25, 0.3) is 0 Å². The molecule has 2 aromatic carbocycles. The largest absolute Gasteiger partial charge is 0.455 e. The number of benzene rings is 2. The molecule has 0 atom stereocenters. The third-order valence-corrected chi connectivity index (χ3v) is 7.54. The van der Waals surface area contributed by atoms with Crippen LogP contribution in [0.1, 0.15) is 32.8 Å². The number of aromatic nitrogens is 1. The number of thiazole rings is 1. The van der Waals surface area contributed by atoms with Gasteiger partial charge in [0.25, 0.3) is 10.0 Å². The number of nitrogens with one attached hydrogen (secondary N) is 1. The molecule has 0 aliphatic heterocycles. The number of amides is 2. The van der Waals surface area contributed by atoms with Gasteiger partial charge in [-0.2, -0.15) is 0 Å². The Kier molecular flexibility index (Phi) is 9.88. The standard InChI is InChI=1S/C25H28ClFN4O6S2/c1-25(2,3)37-24(33)31(23-14-38-15-30-23)39(34,35)21-11-17(26)20(12-18(21)27)36-19-9-5-4-7-16(19)8-6-10-29-13-22(28)32/h4-5,7,9,11-12,14-15,29H,6,8,10,13H2,1-3H3,(H2,28,32). The van der Waals surface area contributed by atoms with E-state index in [1.54, 1.807) is 39.0 Å². The van der Waals surface area contributed by atoms with Crippen molar-refractivity contribution in [1.29, 1.82) is 0 Å². The summed E-state index contributed by atoms with van der Waals surface area (Å²) in [5, 5.41) is 4.04. The summed E-state index contributed by atoms with van der Waals surface area (Å²) in [7, 11) is -4.82. The van der Waals surface area contributed by atoms with Crippen LogP contribution in [0.5, 0.6) is 11.5 Å². The molecule has 0 bridgehead atoms. The Morgan fingerprint density at radius 3 is 2.56 bits per heavy atom. The van der Waals surface area contributed by atoms with E-state index in [0.717, 1.165) is 29.0 Å². The average Bonchev–Trinajstić information content (AvgIpc) is 3.34. The molecular weight excluding hydrogens is 571 g/mol. The van der Waals surface area contributed by atoms with Gasteiger partial charge in [0.2, 0.25) is 5.91 Å². The third-order valence-electron chi connectivity index (χ3n) is 4.98. The van der Waals surface area contributed by atoms with Crippen LogP contribution in [0.3, 0.4) is 0 Å². The number of aryl methyl sites for hydroxylation is 1. The van der Waals surface area contributed by atoms with Crippen molar-refractivity contribution in [3.05, 3.63) is 63.7 Å². The number of anilines is 1. The van der Waals surface area contributed by atoms with E-state index in [1.807, 2.05) is 6.07 Å². The van der Waals surface area contributed by atoms with Gasteiger partial charge in [-0.1, -0.05) is 29.8 Å². The van der Waals surface area contributed by atoms with Crippen LogP contribution in [0.2, 0.25) is 5.02 Å². The normalized spacial score (nSPS) is 11.7. The number of hydrogen-bond donors (Lipinski definition) is 2. The number of nitrogens with zero attached hydrogens (tertiary/aromatic N) is 2. The van der Waals surface area contributed by atoms with Gasteiger partial charge in [-0.3, -0.25) is 4.79 Å². The van der Waals surface area contributed by atoms with Gasteiger partial charge in [0.1, 0.15) is 27.8 Å². The zero-order valence-corrected chi connectivity index (χ0v) is 23.8. The number of nitrogens with two attached hydrogens (primary N) is 1. The number of carbonyl (C=O) groups excluding carboxylic acids is 2. The van der Waals surface area contributed by atoms with Gasteiger partial charge in [-0.05, 0) is 57.9 Å². The molecule has 3 N–H and O–H groups in total. The highest BCUT2D eigenvalue weighted by Crippen LogP contribution is 2.37. The monoisotopic (exact) mass is 598 g/mol.